The third-order valence-electron chi connectivity index (χ3n) is 3.99. The van der Waals surface area contributed by atoms with Crippen LogP contribution in [-0.4, -0.2) is 42.0 Å². The number of hydrogen-bond acceptors (Lipinski definition) is 3. The summed E-state index contributed by atoms with van der Waals surface area (Å²) in [5.74, 6) is 0.367. The molecule has 3 N–H and O–H groups in total. The van der Waals surface area contributed by atoms with Gasteiger partial charge in [0.15, 0.2) is 0 Å². The van der Waals surface area contributed by atoms with E-state index >= 15 is 0 Å². The zero-order valence-corrected chi connectivity index (χ0v) is 11.6. The summed E-state index contributed by atoms with van der Waals surface area (Å²) < 4.78 is 0. The predicted molar refractivity (Wildman–Crippen MR) is 70.7 cm³/mol. The molecule has 1 aliphatic heterocycles. The topological polar surface area (TPSA) is 58.4 Å². The molecule has 17 heavy (non-hydrogen) atoms. The van der Waals surface area contributed by atoms with Crippen molar-refractivity contribution in [3.8, 4) is 0 Å². The largest absolute Gasteiger partial charge is 0.368 e. The van der Waals surface area contributed by atoms with Gasteiger partial charge in [0.25, 0.3) is 0 Å². The van der Waals surface area contributed by atoms with Crippen molar-refractivity contribution in [2.24, 2.45) is 11.7 Å². The van der Waals surface area contributed by atoms with Gasteiger partial charge >= 0.3 is 0 Å². The molecule has 1 aliphatic rings. The van der Waals surface area contributed by atoms with Gasteiger partial charge in [0.2, 0.25) is 5.91 Å². The summed E-state index contributed by atoms with van der Waals surface area (Å²) in [7, 11) is 0. The minimum absolute atomic E-state index is 0.282. The number of piperidine rings is 1. The molecule has 1 unspecified atom stereocenters. The van der Waals surface area contributed by atoms with E-state index < -0.39 is 5.54 Å². The zero-order valence-electron chi connectivity index (χ0n) is 11.6. The van der Waals surface area contributed by atoms with Crippen LogP contribution in [0.4, 0.5) is 0 Å². The molecule has 0 aliphatic carbocycles. The number of carbonyl (C=O) groups is 1. The third kappa shape index (κ3) is 3.96. The molecule has 0 spiro atoms. The molecule has 4 nitrogen and oxygen atoms in total. The van der Waals surface area contributed by atoms with Crippen LogP contribution in [0.5, 0.6) is 0 Å². The third-order valence-corrected chi connectivity index (χ3v) is 3.99. The van der Waals surface area contributed by atoms with Gasteiger partial charge in [-0.05, 0) is 59.2 Å². The number of hydrogen-bond donors (Lipinski definition) is 2. The fourth-order valence-corrected chi connectivity index (χ4v) is 2.53. The number of amides is 1. The molecule has 1 saturated heterocycles. The molecule has 1 fully saturated rings. The van der Waals surface area contributed by atoms with Crippen LogP contribution >= 0.6 is 0 Å². The van der Waals surface area contributed by atoms with Crippen LogP contribution in [0.15, 0.2) is 0 Å². The van der Waals surface area contributed by atoms with E-state index in [-0.39, 0.29) is 5.91 Å². The van der Waals surface area contributed by atoms with Crippen molar-refractivity contribution in [1.82, 2.24) is 10.2 Å². The second kappa shape index (κ2) is 5.83. The second-order valence-electron chi connectivity index (χ2n) is 5.69. The van der Waals surface area contributed by atoms with Crippen LogP contribution in [0, 0.1) is 5.92 Å². The van der Waals surface area contributed by atoms with E-state index in [1.165, 1.54) is 25.9 Å². The highest BCUT2D eigenvalue weighted by Crippen LogP contribution is 2.21. The lowest BCUT2D eigenvalue weighted by Crippen LogP contribution is -2.56. The highest BCUT2D eigenvalue weighted by molar-refractivity contribution is 5.83. The van der Waals surface area contributed by atoms with Crippen molar-refractivity contribution in [3.05, 3.63) is 0 Å². The van der Waals surface area contributed by atoms with E-state index in [1.54, 1.807) is 0 Å². The van der Waals surface area contributed by atoms with Crippen molar-refractivity contribution in [2.75, 3.05) is 19.6 Å². The molecule has 0 saturated carbocycles. The highest BCUT2D eigenvalue weighted by atomic mass is 16.1. The molecule has 0 bridgehead atoms. The van der Waals surface area contributed by atoms with Crippen LogP contribution in [0.1, 0.15) is 40.5 Å². The first kappa shape index (κ1) is 14.5. The fraction of sp³-hybridized carbons (Fsp3) is 0.923. The maximum atomic E-state index is 11.3. The summed E-state index contributed by atoms with van der Waals surface area (Å²) >= 11 is 0. The monoisotopic (exact) mass is 241 g/mol. The van der Waals surface area contributed by atoms with Gasteiger partial charge in [-0.2, -0.15) is 0 Å². The molecule has 0 aromatic rings. The Hall–Kier alpha value is -0.610. The molecule has 0 aromatic heterocycles. The highest BCUT2D eigenvalue weighted by Gasteiger charge is 2.30. The van der Waals surface area contributed by atoms with Crippen molar-refractivity contribution >= 4 is 5.91 Å². The van der Waals surface area contributed by atoms with E-state index in [9.17, 15) is 4.79 Å². The number of rotatable bonds is 5. The number of primary amides is 1. The average molecular weight is 241 g/mol. The van der Waals surface area contributed by atoms with Gasteiger partial charge < -0.3 is 16.0 Å². The Bertz CT molecular complexity index is 257. The maximum Gasteiger partial charge on any atom is 0.237 e. The predicted octanol–water partition coefficient (Wildman–Crippen LogP) is 0.960. The molecule has 1 rings (SSSR count). The van der Waals surface area contributed by atoms with Crippen molar-refractivity contribution < 1.29 is 4.79 Å². The standard InChI is InChI=1S/C13H27N3O/c1-5-16-8-6-11(7-9-16)10(2)15-13(3,4)12(14)17/h10-11,15H,5-9H2,1-4H3,(H2,14,17). The van der Waals surface area contributed by atoms with Gasteiger partial charge in [-0.25, -0.2) is 0 Å². The van der Waals surface area contributed by atoms with Crippen molar-refractivity contribution in [3.63, 3.8) is 0 Å². The Kier molecular flexibility index (Phi) is 4.95. The number of carbonyl (C=O) groups excluding carboxylic acids is 1. The van der Waals surface area contributed by atoms with Gasteiger partial charge in [-0.3, -0.25) is 4.79 Å². The van der Waals surface area contributed by atoms with Crippen LogP contribution in [-0.2, 0) is 4.79 Å². The summed E-state index contributed by atoms with van der Waals surface area (Å²) in [6.07, 6.45) is 2.41. The molecule has 1 atom stereocenters. The van der Waals surface area contributed by atoms with Crippen molar-refractivity contribution in [2.45, 2.75) is 52.1 Å². The normalized spacial score (nSPS) is 21.4. The van der Waals surface area contributed by atoms with Crippen molar-refractivity contribution in [1.29, 1.82) is 0 Å². The Balaban J connectivity index is 2.44. The van der Waals surface area contributed by atoms with E-state index in [2.05, 4.69) is 24.1 Å². The minimum Gasteiger partial charge on any atom is -0.368 e. The Labute approximate surface area is 105 Å². The summed E-state index contributed by atoms with van der Waals surface area (Å²) in [5, 5.41) is 3.37. The molecule has 100 valence electrons. The quantitative estimate of drug-likeness (QED) is 0.754. The van der Waals surface area contributed by atoms with E-state index in [1.807, 2.05) is 13.8 Å². The smallest absolute Gasteiger partial charge is 0.237 e. The minimum atomic E-state index is -0.610. The summed E-state index contributed by atoms with van der Waals surface area (Å²) in [4.78, 5) is 13.8. The second-order valence-corrected chi connectivity index (χ2v) is 5.69. The first-order valence-corrected chi connectivity index (χ1v) is 6.66. The van der Waals surface area contributed by atoms with Gasteiger partial charge in [0.1, 0.15) is 0 Å². The number of nitrogens with one attached hydrogen (secondary N) is 1. The SMILES string of the molecule is CCN1CCC(C(C)NC(C)(C)C(N)=O)CC1. The molecule has 1 amide bonds. The van der Waals surface area contributed by atoms with Gasteiger partial charge in [-0.15, -0.1) is 0 Å². The van der Waals surface area contributed by atoms with Crippen LogP contribution in [0.25, 0.3) is 0 Å². The van der Waals surface area contributed by atoms with E-state index in [0.29, 0.717) is 12.0 Å². The summed E-state index contributed by atoms with van der Waals surface area (Å²) in [5.41, 5.74) is 4.77. The lowest BCUT2D eigenvalue weighted by atomic mass is 9.88. The molecular weight excluding hydrogens is 214 g/mol. The first-order chi connectivity index (χ1) is 7.86. The lowest BCUT2D eigenvalue weighted by molar-refractivity contribution is -0.123. The van der Waals surface area contributed by atoms with Crippen LogP contribution < -0.4 is 11.1 Å². The number of nitrogens with zero attached hydrogens (tertiary/aromatic N) is 1. The Morgan fingerprint density at radius 2 is 2.00 bits per heavy atom. The average Bonchev–Trinajstić information content (AvgIpc) is 2.28. The van der Waals surface area contributed by atoms with Crippen LogP contribution in [0.3, 0.4) is 0 Å². The maximum absolute atomic E-state index is 11.3. The van der Waals surface area contributed by atoms with E-state index in [4.69, 9.17) is 5.73 Å². The van der Waals surface area contributed by atoms with Gasteiger partial charge in [0, 0.05) is 6.04 Å². The molecule has 1 heterocycles. The molecule has 4 heteroatoms. The first-order valence-electron chi connectivity index (χ1n) is 6.66. The summed E-state index contributed by atoms with van der Waals surface area (Å²) in [6.45, 7) is 11.6. The Morgan fingerprint density at radius 3 is 2.41 bits per heavy atom. The summed E-state index contributed by atoms with van der Waals surface area (Å²) in [6, 6.07) is 0.344. The molecule has 0 aromatic carbocycles. The number of likely N-dealkylation sites (tertiary alicyclic amines) is 1. The van der Waals surface area contributed by atoms with Crippen LogP contribution in [0.2, 0.25) is 0 Å². The fourth-order valence-electron chi connectivity index (χ4n) is 2.53. The van der Waals surface area contributed by atoms with Gasteiger partial charge in [0.05, 0.1) is 5.54 Å². The van der Waals surface area contributed by atoms with E-state index in [0.717, 1.165) is 6.54 Å². The lowest BCUT2D eigenvalue weighted by Gasteiger charge is -2.37. The Morgan fingerprint density at radius 1 is 1.47 bits per heavy atom. The molecule has 0 radical (unpaired) electrons. The van der Waals surface area contributed by atoms with Gasteiger partial charge in [-0.1, -0.05) is 6.92 Å². The zero-order chi connectivity index (χ0) is 13.1. The molecular formula is C13H27N3O. The number of nitrogens with two attached hydrogens (primary N) is 1.